The van der Waals surface area contributed by atoms with Crippen LogP contribution in [0.4, 0.5) is 24.5 Å². The van der Waals surface area contributed by atoms with E-state index in [4.69, 9.17) is 9.72 Å². The number of halogens is 3. The highest BCUT2D eigenvalue weighted by molar-refractivity contribution is 6.25. The summed E-state index contributed by atoms with van der Waals surface area (Å²) in [6, 6.07) is 9.95. The predicted molar refractivity (Wildman–Crippen MR) is 196 cm³/mol. The van der Waals surface area contributed by atoms with Crippen molar-refractivity contribution in [2.24, 2.45) is 12.5 Å². The van der Waals surface area contributed by atoms with Gasteiger partial charge in [0.25, 0.3) is 17.7 Å². The molecule has 1 unspecified atom stereocenters. The van der Waals surface area contributed by atoms with Crippen molar-refractivity contribution in [3.05, 3.63) is 76.9 Å². The Hall–Kier alpha value is -6.33. The van der Waals surface area contributed by atoms with E-state index in [1.165, 1.54) is 12.1 Å². The van der Waals surface area contributed by atoms with Crippen LogP contribution in [0.25, 0.3) is 11.0 Å². The molecule has 4 N–H and O–H groups in total. The van der Waals surface area contributed by atoms with Crippen LogP contribution < -0.4 is 26.0 Å². The summed E-state index contributed by atoms with van der Waals surface area (Å²) in [4.78, 5) is 85.9. The van der Waals surface area contributed by atoms with Gasteiger partial charge in [-0.3, -0.25) is 39.0 Å². The first-order valence-corrected chi connectivity index (χ1v) is 17.8. The van der Waals surface area contributed by atoms with Crippen molar-refractivity contribution in [3.8, 4) is 5.75 Å². The molecule has 294 valence electrons. The first kappa shape index (κ1) is 39.4. The number of pyridine rings is 1. The fraction of sp³-hybridized carbons (Fsp3) is 0.368. The summed E-state index contributed by atoms with van der Waals surface area (Å²) in [5.74, 6) is -2.61. The number of hydrogen-bond donors (Lipinski definition) is 4. The average molecular weight is 777 g/mol. The van der Waals surface area contributed by atoms with E-state index in [1.807, 2.05) is 0 Å². The molecule has 2 aliphatic heterocycles. The first-order valence-electron chi connectivity index (χ1n) is 17.8. The molecule has 0 spiro atoms. The van der Waals surface area contributed by atoms with Crippen molar-refractivity contribution in [1.29, 1.82) is 0 Å². The summed E-state index contributed by atoms with van der Waals surface area (Å²) in [5, 5.41) is 10.8. The number of piperidine rings is 1. The van der Waals surface area contributed by atoms with Gasteiger partial charge in [-0.1, -0.05) is 26.0 Å². The molecule has 1 fully saturated rings. The zero-order valence-corrected chi connectivity index (χ0v) is 30.9. The number of alkyl halides is 3. The van der Waals surface area contributed by atoms with Crippen molar-refractivity contribution in [3.63, 3.8) is 0 Å². The molecule has 4 heterocycles. The lowest BCUT2D eigenvalue weighted by Gasteiger charge is -2.27. The van der Waals surface area contributed by atoms with E-state index in [9.17, 15) is 41.9 Å². The topological polar surface area (TPSA) is 194 Å². The number of ether oxygens (including phenoxy) is 1. The molecule has 2 aromatic heterocycles. The molecule has 6 rings (SSSR count). The van der Waals surface area contributed by atoms with E-state index in [0.717, 1.165) is 17.0 Å². The van der Waals surface area contributed by atoms with Crippen LogP contribution in [0.5, 0.6) is 5.75 Å². The Labute approximate surface area is 318 Å². The Balaban J connectivity index is 1.07. The van der Waals surface area contributed by atoms with Crippen LogP contribution in [-0.2, 0) is 34.0 Å². The van der Waals surface area contributed by atoms with Crippen molar-refractivity contribution in [2.75, 3.05) is 30.3 Å². The standard InChI is InChI=1S/C38H39F3N8O7/c1-5-56-27-19-23-26(18-24(27)46-32(51)22-10-7-11-28(44-22)38(39,40)41)48(4)29(45-23)14-15-37(2,3)36(55)43-17-16-42-21-9-6-8-20-31(21)35(54)49(34(20)53)25-12-13-30(50)47-33(25)52/h6-11,18-19,25,42H,5,12-17H2,1-4H3,(H,43,55)(H,46,51)(H,47,50,52). The fourth-order valence-corrected chi connectivity index (χ4v) is 6.58. The van der Waals surface area contributed by atoms with Crippen LogP contribution in [0.3, 0.4) is 0 Å². The molecule has 2 aliphatic rings. The average Bonchev–Trinajstić information content (AvgIpc) is 3.59. The first-order chi connectivity index (χ1) is 26.5. The normalized spacial score (nSPS) is 15.8. The Morgan fingerprint density at radius 1 is 0.982 bits per heavy atom. The Morgan fingerprint density at radius 2 is 1.73 bits per heavy atom. The zero-order valence-electron chi connectivity index (χ0n) is 30.9. The van der Waals surface area contributed by atoms with Gasteiger partial charge in [-0.15, -0.1) is 0 Å². The SMILES string of the molecule is CCOc1cc2nc(CCC(C)(C)C(=O)NCCNc3cccc4c3C(=O)N(C3CCC(=O)NC3=O)C4=O)n(C)c2cc1NC(=O)c1cccc(C(F)(F)F)n1. The lowest BCUT2D eigenvalue weighted by molar-refractivity contribution is -0.141. The largest absolute Gasteiger partial charge is 0.492 e. The maximum absolute atomic E-state index is 13.4. The summed E-state index contributed by atoms with van der Waals surface area (Å²) in [5.41, 5.74) is -0.459. The highest BCUT2D eigenvalue weighted by Gasteiger charge is 2.45. The van der Waals surface area contributed by atoms with Gasteiger partial charge < -0.3 is 25.3 Å². The van der Waals surface area contributed by atoms with Gasteiger partial charge >= 0.3 is 6.18 Å². The number of fused-ring (bicyclic) bond motifs is 2. The molecule has 1 atom stereocenters. The molecule has 15 nitrogen and oxygen atoms in total. The van der Waals surface area contributed by atoms with E-state index in [0.29, 0.717) is 35.4 Å². The van der Waals surface area contributed by atoms with E-state index in [-0.39, 0.29) is 61.0 Å². The predicted octanol–water partition coefficient (Wildman–Crippen LogP) is 4.23. The number of nitrogens with one attached hydrogen (secondary N) is 4. The van der Waals surface area contributed by atoms with Crippen LogP contribution in [-0.4, -0.2) is 80.6 Å². The Bertz CT molecular complexity index is 2270. The molecule has 0 aliphatic carbocycles. The van der Waals surface area contributed by atoms with Crippen LogP contribution in [0.2, 0.25) is 0 Å². The lowest BCUT2D eigenvalue weighted by Crippen LogP contribution is -2.54. The van der Waals surface area contributed by atoms with Gasteiger partial charge in [-0.25, -0.2) is 9.97 Å². The zero-order chi connectivity index (χ0) is 40.5. The molecule has 6 amide bonds. The number of carbonyl (C=O) groups excluding carboxylic acids is 6. The quantitative estimate of drug-likeness (QED) is 0.113. The molecule has 4 aromatic rings. The molecule has 1 saturated heterocycles. The number of hydrogen-bond acceptors (Lipinski definition) is 10. The lowest BCUT2D eigenvalue weighted by atomic mass is 9.86. The molecule has 18 heteroatoms. The summed E-state index contributed by atoms with van der Waals surface area (Å²) in [6.45, 7) is 5.96. The number of imidazole rings is 1. The van der Waals surface area contributed by atoms with Crippen LogP contribution in [0.15, 0.2) is 48.5 Å². The summed E-state index contributed by atoms with van der Waals surface area (Å²) in [6.07, 6.45) is -3.88. The number of aryl methyl sites for hydroxylation is 2. The second-order valence-corrected chi connectivity index (χ2v) is 14.0. The Kier molecular flexibility index (Phi) is 10.8. The van der Waals surface area contributed by atoms with Crippen molar-refractivity contribution >= 4 is 57.9 Å². The van der Waals surface area contributed by atoms with E-state index < -0.39 is 58.6 Å². The summed E-state index contributed by atoms with van der Waals surface area (Å²) < 4.78 is 47.1. The molecule has 0 bridgehead atoms. The van der Waals surface area contributed by atoms with Crippen LogP contribution in [0.1, 0.15) is 82.8 Å². The Morgan fingerprint density at radius 3 is 2.45 bits per heavy atom. The van der Waals surface area contributed by atoms with Crippen molar-refractivity contribution in [1.82, 2.24) is 30.1 Å². The van der Waals surface area contributed by atoms with E-state index in [1.54, 1.807) is 56.7 Å². The minimum Gasteiger partial charge on any atom is -0.492 e. The van der Waals surface area contributed by atoms with Gasteiger partial charge in [0, 0.05) is 50.1 Å². The molecule has 2 aromatic carbocycles. The number of rotatable bonds is 13. The third-order valence-corrected chi connectivity index (χ3v) is 9.68. The number of aromatic nitrogens is 3. The van der Waals surface area contributed by atoms with E-state index in [2.05, 4.69) is 26.3 Å². The molecule has 0 radical (unpaired) electrons. The second kappa shape index (κ2) is 15.4. The van der Waals surface area contributed by atoms with Gasteiger partial charge in [0.15, 0.2) is 0 Å². The maximum atomic E-state index is 13.4. The molecule has 56 heavy (non-hydrogen) atoms. The van der Waals surface area contributed by atoms with Crippen LogP contribution in [0, 0.1) is 5.41 Å². The van der Waals surface area contributed by atoms with Gasteiger partial charge in [-0.05, 0) is 50.1 Å². The summed E-state index contributed by atoms with van der Waals surface area (Å²) in [7, 11) is 1.77. The number of amides is 6. The van der Waals surface area contributed by atoms with Gasteiger partial charge in [0.05, 0.1) is 34.5 Å². The number of imide groups is 2. The number of anilines is 2. The molecule has 0 saturated carbocycles. The van der Waals surface area contributed by atoms with Gasteiger partial charge in [0.1, 0.15) is 29.0 Å². The van der Waals surface area contributed by atoms with Gasteiger partial charge in [-0.2, -0.15) is 13.2 Å². The second-order valence-electron chi connectivity index (χ2n) is 14.0. The number of benzene rings is 2. The highest BCUT2D eigenvalue weighted by atomic mass is 19.4. The smallest absolute Gasteiger partial charge is 0.433 e. The fourth-order valence-electron chi connectivity index (χ4n) is 6.58. The minimum absolute atomic E-state index is 0.0102. The number of carbonyl (C=O) groups is 6. The summed E-state index contributed by atoms with van der Waals surface area (Å²) >= 11 is 0. The monoisotopic (exact) mass is 776 g/mol. The third kappa shape index (κ3) is 7.90. The van der Waals surface area contributed by atoms with Crippen molar-refractivity contribution < 1.29 is 46.7 Å². The molecular formula is C38H39F3N8O7. The van der Waals surface area contributed by atoms with Crippen molar-refractivity contribution in [2.45, 2.75) is 58.7 Å². The third-order valence-electron chi connectivity index (χ3n) is 9.68. The number of nitrogens with zero attached hydrogens (tertiary/aromatic N) is 4. The highest BCUT2D eigenvalue weighted by Crippen LogP contribution is 2.34. The minimum atomic E-state index is -4.72. The van der Waals surface area contributed by atoms with Gasteiger partial charge in [0.2, 0.25) is 17.7 Å². The maximum Gasteiger partial charge on any atom is 0.433 e. The molecular weight excluding hydrogens is 737 g/mol. The van der Waals surface area contributed by atoms with E-state index >= 15 is 0 Å². The van der Waals surface area contributed by atoms with Crippen LogP contribution >= 0.6 is 0 Å².